The van der Waals surface area contributed by atoms with Gasteiger partial charge in [0.2, 0.25) is 5.91 Å². The molecule has 0 bridgehead atoms. The van der Waals surface area contributed by atoms with Crippen LogP contribution in [0.3, 0.4) is 0 Å². The number of rotatable bonds is 2. The lowest BCUT2D eigenvalue weighted by Crippen LogP contribution is -2.44. The van der Waals surface area contributed by atoms with Gasteiger partial charge in [-0.25, -0.2) is 0 Å². The molecule has 0 N–H and O–H groups in total. The number of benzene rings is 1. The molecule has 1 aliphatic heterocycles. The summed E-state index contributed by atoms with van der Waals surface area (Å²) in [4.78, 5) is 13.8. The fraction of sp³-hybridized carbons (Fsp3) is 0.417. The van der Waals surface area contributed by atoms with Crippen LogP contribution in [-0.4, -0.2) is 23.9 Å². The van der Waals surface area contributed by atoms with E-state index < -0.39 is 0 Å². The molecule has 0 aromatic heterocycles. The van der Waals surface area contributed by atoms with E-state index in [0.717, 1.165) is 25.1 Å². The van der Waals surface area contributed by atoms with Crippen LogP contribution in [0.1, 0.15) is 24.8 Å². The molecular weight excluding hydrogens is 174 g/mol. The average molecular weight is 189 g/mol. The molecule has 0 spiro atoms. The van der Waals surface area contributed by atoms with Crippen molar-refractivity contribution in [1.29, 1.82) is 0 Å². The van der Waals surface area contributed by atoms with E-state index in [2.05, 4.69) is 0 Å². The Morgan fingerprint density at radius 2 is 1.93 bits per heavy atom. The first-order valence-corrected chi connectivity index (χ1v) is 5.13. The van der Waals surface area contributed by atoms with Crippen molar-refractivity contribution in [1.82, 2.24) is 4.90 Å². The van der Waals surface area contributed by atoms with Gasteiger partial charge in [0.1, 0.15) is 0 Å². The molecule has 2 rings (SSSR count). The Labute approximate surface area is 84.5 Å². The topological polar surface area (TPSA) is 20.3 Å². The molecule has 1 aromatic rings. The molecule has 0 radical (unpaired) electrons. The number of carbonyl (C=O) groups excluding carboxylic acids is 1. The molecule has 1 heterocycles. The van der Waals surface area contributed by atoms with Gasteiger partial charge in [-0.05, 0) is 18.9 Å². The third-order valence-electron chi connectivity index (χ3n) is 2.84. The lowest BCUT2D eigenvalue weighted by Gasteiger charge is -2.33. The number of amides is 1. The summed E-state index contributed by atoms with van der Waals surface area (Å²) in [5.41, 5.74) is 1.12. The molecule has 2 heteroatoms. The highest BCUT2D eigenvalue weighted by Gasteiger charge is 2.25. The molecule has 1 aliphatic rings. The molecule has 0 aliphatic carbocycles. The van der Waals surface area contributed by atoms with E-state index in [-0.39, 0.29) is 11.8 Å². The predicted octanol–water partition coefficient (Wildman–Crippen LogP) is 2.02. The summed E-state index contributed by atoms with van der Waals surface area (Å²) in [5.74, 6) is 0.277. The molecule has 1 unspecified atom stereocenters. The number of hydrogen-bond donors (Lipinski definition) is 0. The minimum atomic E-state index is 0.0106. The van der Waals surface area contributed by atoms with Crippen molar-refractivity contribution in [2.24, 2.45) is 0 Å². The van der Waals surface area contributed by atoms with Crippen LogP contribution >= 0.6 is 0 Å². The first kappa shape index (κ1) is 9.25. The van der Waals surface area contributed by atoms with Gasteiger partial charge < -0.3 is 4.90 Å². The Hall–Kier alpha value is -1.31. The van der Waals surface area contributed by atoms with Crippen LogP contribution in [0, 0.1) is 0 Å². The van der Waals surface area contributed by atoms with E-state index in [9.17, 15) is 4.79 Å². The first-order chi connectivity index (χ1) is 6.79. The van der Waals surface area contributed by atoms with E-state index >= 15 is 0 Å². The zero-order chi connectivity index (χ0) is 9.97. The number of hydrogen-bond acceptors (Lipinski definition) is 1. The summed E-state index contributed by atoms with van der Waals surface area (Å²) in [6, 6.07) is 9.97. The second-order valence-corrected chi connectivity index (χ2v) is 3.81. The monoisotopic (exact) mass is 189 g/mol. The van der Waals surface area contributed by atoms with Gasteiger partial charge in [-0.2, -0.15) is 0 Å². The van der Waals surface area contributed by atoms with Crippen LogP contribution in [0.15, 0.2) is 30.3 Å². The van der Waals surface area contributed by atoms with Crippen molar-refractivity contribution >= 4 is 5.91 Å². The highest BCUT2D eigenvalue weighted by atomic mass is 16.2. The quantitative estimate of drug-likeness (QED) is 0.697. The summed E-state index contributed by atoms with van der Waals surface area (Å²) >= 11 is 0. The van der Waals surface area contributed by atoms with Gasteiger partial charge in [0.05, 0.1) is 5.92 Å². The van der Waals surface area contributed by atoms with Gasteiger partial charge in [-0.3, -0.25) is 4.79 Å². The summed E-state index contributed by atoms with van der Waals surface area (Å²) in [5, 5.41) is 0. The van der Waals surface area contributed by atoms with Crippen molar-refractivity contribution in [2.75, 3.05) is 13.1 Å². The Kier molecular flexibility index (Phi) is 2.53. The van der Waals surface area contributed by atoms with E-state index in [1.807, 2.05) is 42.2 Å². The molecule has 0 saturated carbocycles. The SMILES string of the molecule is CC(C(=O)N1CCC1)c1ccccc1. The van der Waals surface area contributed by atoms with Gasteiger partial charge in [0, 0.05) is 13.1 Å². The number of carbonyl (C=O) groups is 1. The van der Waals surface area contributed by atoms with Crippen LogP contribution in [0.2, 0.25) is 0 Å². The van der Waals surface area contributed by atoms with Gasteiger partial charge >= 0.3 is 0 Å². The maximum Gasteiger partial charge on any atom is 0.229 e. The van der Waals surface area contributed by atoms with Crippen molar-refractivity contribution in [3.63, 3.8) is 0 Å². The fourth-order valence-corrected chi connectivity index (χ4v) is 1.69. The molecule has 1 aromatic carbocycles. The third kappa shape index (κ3) is 1.65. The summed E-state index contributed by atoms with van der Waals surface area (Å²) < 4.78 is 0. The van der Waals surface area contributed by atoms with Crippen LogP contribution in [0.25, 0.3) is 0 Å². The number of nitrogens with zero attached hydrogens (tertiary/aromatic N) is 1. The largest absolute Gasteiger partial charge is 0.342 e. The zero-order valence-electron chi connectivity index (χ0n) is 8.44. The fourth-order valence-electron chi connectivity index (χ4n) is 1.69. The first-order valence-electron chi connectivity index (χ1n) is 5.13. The predicted molar refractivity (Wildman–Crippen MR) is 56.1 cm³/mol. The third-order valence-corrected chi connectivity index (χ3v) is 2.84. The van der Waals surface area contributed by atoms with Crippen molar-refractivity contribution in [3.05, 3.63) is 35.9 Å². The highest BCUT2D eigenvalue weighted by molar-refractivity contribution is 5.83. The molecular formula is C12H15NO. The summed E-state index contributed by atoms with van der Waals surface area (Å²) in [6.07, 6.45) is 1.16. The van der Waals surface area contributed by atoms with Gasteiger partial charge in [0.15, 0.2) is 0 Å². The lowest BCUT2D eigenvalue weighted by atomic mass is 9.98. The Morgan fingerprint density at radius 3 is 2.43 bits per heavy atom. The van der Waals surface area contributed by atoms with E-state index in [4.69, 9.17) is 0 Å². The number of likely N-dealkylation sites (tertiary alicyclic amines) is 1. The minimum Gasteiger partial charge on any atom is -0.342 e. The summed E-state index contributed by atoms with van der Waals surface area (Å²) in [7, 11) is 0. The van der Waals surface area contributed by atoms with Crippen LogP contribution in [-0.2, 0) is 4.79 Å². The maximum absolute atomic E-state index is 11.9. The van der Waals surface area contributed by atoms with Crippen LogP contribution in [0.5, 0.6) is 0 Å². The minimum absolute atomic E-state index is 0.0106. The molecule has 1 saturated heterocycles. The average Bonchev–Trinajstić information content (AvgIpc) is 2.15. The smallest absolute Gasteiger partial charge is 0.229 e. The molecule has 2 nitrogen and oxygen atoms in total. The molecule has 1 atom stereocenters. The van der Waals surface area contributed by atoms with Crippen LogP contribution in [0.4, 0.5) is 0 Å². The maximum atomic E-state index is 11.9. The Balaban J connectivity index is 2.07. The Bertz CT molecular complexity index is 316. The van der Waals surface area contributed by atoms with Gasteiger partial charge in [-0.1, -0.05) is 30.3 Å². The van der Waals surface area contributed by atoms with Gasteiger partial charge in [-0.15, -0.1) is 0 Å². The van der Waals surface area contributed by atoms with Crippen molar-refractivity contribution < 1.29 is 4.79 Å². The Morgan fingerprint density at radius 1 is 1.29 bits per heavy atom. The second kappa shape index (κ2) is 3.82. The standard InChI is InChI=1S/C12H15NO/c1-10(11-6-3-2-4-7-11)12(14)13-8-5-9-13/h2-4,6-7,10H,5,8-9H2,1H3. The zero-order valence-corrected chi connectivity index (χ0v) is 8.44. The highest BCUT2D eigenvalue weighted by Crippen LogP contribution is 2.20. The summed E-state index contributed by atoms with van der Waals surface area (Å²) in [6.45, 7) is 3.86. The molecule has 1 amide bonds. The van der Waals surface area contributed by atoms with Crippen molar-refractivity contribution in [2.45, 2.75) is 19.3 Å². The molecule has 1 fully saturated rings. The molecule has 14 heavy (non-hydrogen) atoms. The van der Waals surface area contributed by atoms with Gasteiger partial charge in [0.25, 0.3) is 0 Å². The van der Waals surface area contributed by atoms with E-state index in [1.54, 1.807) is 0 Å². The van der Waals surface area contributed by atoms with E-state index in [0.29, 0.717) is 0 Å². The lowest BCUT2D eigenvalue weighted by molar-refractivity contribution is -0.135. The second-order valence-electron chi connectivity index (χ2n) is 3.81. The van der Waals surface area contributed by atoms with Crippen molar-refractivity contribution in [3.8, 4) is 0 Å². The van der Waals surface area contributed by atoms with E-state index in [1.165, 1.54) is 0 Å². The normalized spacial score (nSPS) is 17.4. The van der Waals surface area contributed by atoms with Crippen LogP contribution < -0.4 is 0 Å². The molecule has 74 valence electrons.